The van der Waals surface area contributed by atoms with Crippen LogP contribution in [-0.4, -0.2) is 23.8 Å². The Hall–Kier alpha value is -0.870. The molecular weight excluding hydrogens is 272 g/mol. The highest BCUT2D eigenvalue weighted by Crippen LogP contribution is 2.28. The minimum absolute atomic E-state index is 0.406. The van der Waals surface area contributed by atoms with Gasteiger partial charge in [0.2, 0.25) is 0 Å². The molecule has 0 aliphatic carbocycles. The zero-order chi connectivity index (χ0) is 12.1. The molecule has 88 valence electrons. The molecule has 0 aromatic heterocycles. The zero-order valence-corrected chi connectivity index (χ0v) is 11.0. The van der Waals surface area contributed by atoms with E-state index in [0.29, 0.717) is 22.2 Å². The number of aliphatic hydroxyl groups excluding tert-OH is 1. The van der Waals surface area contributed by atoms with Gasteiger partial charge < -0.3 is 9.84 Å². The molecule has 0 fully saturated rings. The standard InChI is InChI=1S/C12H15BrO3/c1-3-8-4-10(11(15)6-13)9(7-14)5-12(8)16-2/h4-5,7,11,15H,3,6H2,1-2H3. The SMILES string of the molecule is CCc1cc(C(O)CBr)c(C=O)cc1OC. The molecule has 0 radical (unpaired) electrons. The topological polar surface area (TPSA) is 46.5 Å². The number of carbonyl (C=O) groups excluding carboxylic acids is 1. The highest BCUT2D eigenvalue weighted by molar-refractivity contribution is 9.09. The van der Waals surface area contributed by atoms with E-state index >= 15 is 0 Å². The van der Waals surface area contributed by atoms with Gasteiger partial charge in [0.05, 0.1) is 13.2 Å². The summed E-state index contributed by atoms with van der Waals surface area (Å²) in [4.78, 5) is 10.9. The van der Waals surface area contributed by atoms with Gasteiger partial charge in [0.15, 0.2) is 6.29 Å². The van der Waals surface area contributed by atoms with Crippen molar-refractivity contribution in [2.24, 2.45) is 0 Å². The Labute approximate surface area is 104 Å². The summed E-state index contributed by atoms with van der Waals surface area (Å²) >= 11 is 3.20. The highest BCUT2D eigenvalue weighted by Gasteiger charge is 2.14. The van der Waals surface area contributed by atoms with Crippen molar-refractivity contribution in [1.82, 2.24) is 0 Å². The van der Waals surface area contributed by atoms with Gasteiger partial charge in [-0.2, -0.15) is 0 Å². The third-order valence-electron chi connectivity index (χ3n) is 2.50. The van der Waals surface area contributed by atoms with Crippen LogP contribution in [0.5, 0.6) is 5.75 Å². The van der Waals surface area contributed by atoms with Crippen LogP contribution < -0.4 is 4.74 Å². The van der Waals surface area contributed by atoms with Gasteiger partial charge in [-0.25, -0.2) is 0 Å². The molecule has 0 aliphatic heterocycles. The number of aryl methyl sites for hydroxylation is 1. The van der Waals surface area contributed by atoms with Crippen molar-refractivity contribution in [3.05, 3.63) is 28.8 Å². The van der Waals surface area contributed by atoms with E-state index in [4.69, 9.17) is 4.74 Å². The molecule has 4 heteroatoms. The molecule has 0 saturated heterocycles. The summed E-state index contributed by atoms with van der Waals surface area (Å²) < 4.78 is 5.19. The Morgan fingerprint density at radius 2 is 2.25 bits per heavy atom. The van der Waals surface area contributed by atoms with E-state index in [1.807, 2.05) is 13.0 Å². The van der Waals surface area contributed by atoms with Gasteiger partial charge in [0, 0.05) is 10.9 Å². The lowest BCUT2D eigenvalue weighted by Crippen LogP contribution is -2.05. The summed E-state index contributed by atoms with van der Waals surface area (Å²) in [5.74, 6) is 0.690. The fraction of sp³-hybridized carbons (Fsp3) is 0.417. The molecule has 16 heavy (non-hydrogen) atoms. The Balaban J connectivity index is 3.31. The molecule has 1 aromatic rings. The second-order valence-electron chi connectivity index (χ2n) is 3.43. The predicted molar refractivity (Wildman–Crippen MR) is 66.5 cm³/mol. The second kappa shape index (κ2) is 6.01. The van der Waals surface area contributed by atoms with Crippen molar-refractivity contribution in [1.29, 1.82) is 0 Å². The van der Waals surface area contributed by atoms with Crippen molar-refractivity contribution in [3.8, 4) is 5.75 Å². The summed E-state index contributed by atoms with van der Waals surface area (Å²) in [6, 6.07) is 3.50. The summed E-state index contributed by atoms with van der Waals surface area (Å²) in [6.45, 7) is 2.00. The van der Waals surface area contributed by atoms with Crippen molar-refractivity contribution in [2.75, 3.05) is 12.4 Å². The summed E-state index contributed by atoms with van der Waals surface area (Å²) in [5.41, 5.74) is 2.11. The number of carbonyl (C=O) groups is 1. The number of hydrogen-bond acceptors (Lipinski definition) is 3. The Kier molecular flexibility index (Phi) is 4.96. The minimum Gasteiger partial charge on any atom is -0.496 e. The monoisotopic (exact) mass is 286 g/mol. The van der Waals surface area contributed by atoms with Gasteiger partial charge >= 0.3 is 0 Å². The summed E-state index contributed by atoms with van der Waals surface area (Å²) in [6.07, 6.45) is 0.865. The number of methoxy groups -OCH3 is 1. The fourth-order valence-electron chi connectivity index (χ4n) is 1.60. The number of ether oxygens (including phenoxy) is 1. The zero-order valence-electron chi connectivity index (χ0n) is 9.37. The lowest BCUT2D eigenvalue weighted by Gasteiger charge is -2.14. The fourth-order valence-corrected chi connectivity index (χ4v) is 1.95. The normalized spacial score (nSPS) is 12.2. The van der Waals surface area contributed by atoms with E-state index in [-0.39, 0.29) is 0 Å². The van der Waals surface area contributed by atoms with Crippen LogP contribution in [0, 0.1) is 0 Å². The third kappa shape index (κ3) is 2.62. The Morgan fingerprint density at radius 1 is 1.56 bits per heavy atom. The first-order chi connectivity index (χ1) is 7.67. The molecule has 1 rings (SSSR count). The van der Waals surface area contributed by atoms with Crippen LogP contribution in [0.2, 0.25) is 0 Å². The van der Waals surface area contributed by atoms with Crippen LogP contribution in [0.3, 0.4) is 0 Å². The maximum Gasteiger partial charge on any atom is 0.150 e. The van der Waals surface area contributed by atoms with E-state index in [9.17, 15) is 9.90 Å². The minimum atomic E-state index is -0.670. The smallest absolute Gasteiger partial charge is 0.150 e. The number of aldehydes is 1. The van der Waals surface area contributed by atoms with Crippen LogP contribution in [0.1, 0.15) is 34.5 Å². The van der Waals surface area contributed by atoms with Crippen molar-refractivity contribution < 1.29 is 14.6 Å². The maximum atomic E-state index is 10.9. The number of rotatable bonds is 5. The molecule has 1 unspecified atom stereocenters. The first kappa shape index (κ1) is 13.2. The van der Waals surface area contributed by atoms with Gasteiger partial charge in [-0.15, -0.1) is 0 Å². The van der Waals surface area contributed by atoms with Crippen molar-refractivity contribution in [2.45, 2.75) is 19.4 Å². The first-order valence-electron chi connectivity index (χ1n) is 5.07. The number of benzene rings is 1. The molecule has 0 bridgehead atoms. The predicted octanol–water partition coefficient (Wildman–Crippen LogP) is 2.50. The maximum absolute atomic E-state index is 10.9. The summed E-state index contributed by atoms with van der Waals surface area (Å²) in [5, 5.41) is 10.2. The molecule has 0 saturated carbocycles. The van der Waals surface area contributed by atoms with Crippen LogP contribution in [-0.2, 0) is 6.42 Å². The second-order valence-corrected chi connectivity index (χ2v) is 4.08. The van der Waals surface area contributed by atoms with E-state index in [0.717, 1.165) is 18.3 Å². The Bertz CT molecular complexity index is 377. The number of aliphatic hydroxyl groups is 1. The number of hydrogen-bond donors (Lipinski definition) is 1. The lowest BCUT2D eigenvalue weighted by molar-refractivity contribution is 0.111. The molecule has 0 spiro atoms. The van der Waals surface area contributed by atoms with Gasteiger partial charge in [-0.05, 0) is 29.7 Å². The van der Waals surface area contributed by atoms with E-state index in [2.05, 4.69) is 15.9 Å². The van der Waals surface area contributed by atoms with Crippen molar-refractivity contribution >= 4 is 22.2 Å². The van der Waals surface area contributed by atoms with Crippen molar-refractivity contribution in [3.63, 3.8) is 0 Å². The molecule has 1 aromatic carbocycles. The highest BCUT2D eigenvalue weighted by atomic mass is 79.9. The largest absolute Gasteiger partial charge is 0.496 e. The molecule has 1 atom stereocenters. The number of halogens is 1. The quantitative estimate of drug-likeness (QED) is 0.668. The molecule has 3 nitrogen and oxygen atoms in total. The average Bonchev–Trinajstić information content (AvgIpc) is 2.35. The lowest BCUT2D eigenvalue weighted by atomic mass is 9.99. The molecular formula is C12H15BrO3. The van der Waals surface area contributed by atoms with E-state index in [1.54, 1.807) is 13.2 Å². The van der Waals surface area contributed by atoms with Gasteiger partial charge in [-0.3, -0.25) is 4.79 Å². The molecule has 0 heterocycles. The molecule has 0 aliphatic rings. The average molecular weight is 287 g/mol. The first-order valence-corrected chi connectivity index (χ1v) is 6.20. The summed E-state index contributed by atoms with van der Waals surface area (Å²) in [7, 11) is 1.57. The molecule has 0 amide bonds. The van der Waals surface area contributed by atoms with E-state index in [1.165, 1.54) is 0 Å². The van der Waals surface area contributed by atoms with Gasteiger partial charge in [0.1, 0.15) is 5.75 Å². The van der Waals surface area contributed by atoms with Crippen LogP contribution >= 0.6 is 15.9 Å². The van der Waals surface area contributed by atoms with Crippen LogP contribution in [0.15, 0.2) is 12.1 Å². The number of alkyl halides is 1. The van der Waals surface area contributed by atoms with Crippen LogP contribution in [0.4, 0.5) is 0 Å². The third-order valence-corrected chi connectivity index (χ3v) is 3.11. The van der Waals surface area contributed by atoms with Gasteiger partial charge in [0.25, 0.3) is 0 Å². The van der Waals surface area contributed by atoms with Crippen LogP contribution in [0.25, 0.3) is 0 Å². The van der Waals surface area contributed by atoms with E-state index < -0.39 is 6.10 Å². The Morgan fingerprint density at radius 3 is 2.69 bits per heavy atom. The van der Waals surface area contributed by atoms with Gasteiger partial charge in [-0.1, -0.05) is 22.9 Å². The molecule has 1 N–H and O–H groups in total.